The third-order valence-corrected chi connectivity index (χ3v) is 7.26. The van der Waals surface area contributed by atoms with Gasteiger partial charge in [0.2, 0.25) is 0 Å². The van der Waals surface area contributed by atoms with Crippen LogP contribution in [0.25, 0.3) is 10.2 Å². The van der Waals surface area contributed by atoms with E-state index in [1.165, 1.54) is 16.0 Å². The second-order valence-electron chi connectivity index (χ2n) is 8.40. The average Bonchev–Trinajstić information content (AvgIpc) is 3.42. The number of hydrogen-bond donors (Lipinski definition) is 1. The molecule has 160 valence electrons. The first-order valence-corrected chi connectivity index (χ1v) is 11.7. The van der Waals surface area contributed by atoms with Crippen LogP contribution in [0.2, 0.25) is 0 Å². The Hall–Kier alpha value is -2.77. The van der Waals surface area contributed by atoms with Gasteiger partial charge in [-0.15, -0.1) is 11.3 Å². The molecule has 1 aromatic carbocycles. The number of fused-ring (bicyclic) bond motifs is 3. The number of nitrogens with zero attached hydrogens (tertiary/aromatic N) is 4. The number of aromatic nitrogens is 4. The molecule has 1 aliphatic carbocycles. The summed E-state index contributed by atoms with van der Waals surface area (Å²) >= 11 is 1.70. The standard InChI is InChI=1S/C24H27N5OS/c1-17-3-5-18(6-4-17)14-29-16-27-23-22(24(29)30)20-8-7-19(13-21(20)31-23)26-9-2-11-28-12-10-25-15-28/h3-6,10,12,15-16,19,26H,2,7-9,11,13-14H2,1H3/t19-/m0/s1. The van der Waals surface area contributed by atoms with Crippen molar-refractivity contribution in [2.75, 3.05) is 6.54 Å². The number of imidazole rings is 1. The molecule has 0 bridgehead atoms. The maximum atomic E-state index is 13.2. The molecule has 0 radical (unpaired) electrons. The Morgan fingerprint density at radius 1 is 1.23 bits per heavy atom. The van der Waals surface area contributed by atoms with Gasteiger partial charge in [-0.2, -0.15) is 0 Å². The normalized spacial score (nSPS) is 16.0. The Morgan fingerprint density at radius 3 is 2.90 bits per heavy atom. The molecule has 1 aliphatic rings. The topological polar surface area (TPSA) is 64.7 Å². The van der Waals surface area contributed by atoms with E-state index in [0.717, 1.165) is 54.6 Å². The lowest BCUT2D eigenvalue weighted by atomic mass is 9.93. The molecule has 0 saturated carbocycles. The quantitative estimate of drug-likeness (QED) is 0.453. The van der Waals surface area contributed by atoms with E-state index >= 15 is 0 Å². The van der Waals surface area contributed by atoms with Gasteiger partial charge in [0, 0.05) is 29.9 Å². The summed E-state index contributed by atoms with van der Waals surface area (Å²) in [5, 5.41) is 4.54. The number of rotatable bonds is 7. The second kappa shape index (κ2) is 8.77. The maximum Gasteiger partial charge on any atom is 0.262 e. The molecule has 0 saturated heterocycles. The summed E-state index contributed by atoms with van der Waals surface area (Å²) in [7, 11) is 0. The lowest BCUT2D eigenvalue weighted by molar-refractivity contribution is 0.449. The largest absolute Gasteiger partial charge is 0.337 e. The van der Waals surface area contributed by atoms with Crippen LogP contribution in [-0.4, -0.2) is 31.7 Å². The summed E-state index contributed by atoms with van der Waals surface area (Å²) in [6.45, 7) is 4.61. The van der Waals surface area contributed by atoms with Gasteiger partial charge in [0.05, 0.1) is 24.6 Å². The van der Waals surface area contributed by atoms with Gasteiger partial charge in [0.15, 0.2) is 0 Å². The van der Waals surface area contributed by atoms with Crippen LogP contribution in [-0.2, 0) is 25.9 Å². The summed E-state index contributed by atoms with van der Waals surface area (Å²) in [5.74, 6) is 0. The van der Waals surface area contributed by atoms with Gasteiger partial charge in [-0.3, -0.25) is 9.36 Å². The van der Waals surface area contributed by atoms with E-state index in [-0.39, 0.29) is 5.56 Å². The number of thiophene rings is 1. The fourth-order valence-electron chi connectivity index (χ4n) is 4.37. The number of benzene rings is 1. The van der Waals surface area contributed by atoms with Crippen LogP contribution >= 0.6 is 11.3 Å². The highest BCUT2D eigenvalue weighted by atomic mass is 32.1. The van der Waals surface area contributed by atoms with Gasteiger partial charge in [0.1, 0.15) is 4.83 Å². The first-order valence-electron chi connectivity index (χ1n) is 10.9. The van der Waals surface area contributed by atoms with Crippen molar-refractivity contribution in [2.24, 2.45) is 0 Å². The van der Waals surface area contributed by atoms with Gasteiger partial charge in [-0.1, -0.05) is 29.8 Å². The molecule has 0 spiro atoms. The molecule has 0 unspecified atom stereocenters. The van der Waals surface area contributed by atoms with E-state index in [2.05, 4.69) is 51.0 Å². The van der Waals surface area contributed by atoms with Gasteiger partial charge in [-0.05, 0) is 50.3 Å². The van der Waals surface area contributed by atoms with Crippen LogP contribution in [0.5, 0.6) is 0 Å². The summed E-state index contributed by atoms with van der Waals surface area (Å²) < 4.78 is 3.86. The Bertz CT molecular complexity index is 1220. The maximum absolute atomic E-state index is 13.2. The number of nitrogens with one attached hydrogen (secondary N) is 1. The second-order valence-corrected chi connectivity index (χ2v) is 9.48. The van der Waals surface area contributed by atoms with Crippen LogP contribution < -0.4 is 10.9 Å². The summed E-state index contributed by atoms with van der Waals surface area (Å²) in [5.41, 5.74) is 3.67. The fourth-order valence-corrected chi connectivity index (χ4v) is 5.62. The van der Waals surface area contributed by atoms with Crippen molar-refractivity contribution in [2.45, 2.75) is 51.7 Å². The molecule has 3 heterocycles. The minimum atomic E-state index is 0.0924. The average molecular weight is 434 g/mol. The minimum Gasteiger partial charge on any atom is -0.337 e. The van der Waals surface area contributed by atoms with Crippen LogP contribution in [0.15, 0.2) is 54.1 Å². The third-order valence-electron chi connectivity index (χ3n) is 6.09. The molecule has 3 aromatic heterocycles. The highest BCUT2D eigenvalue weighted by Gasteiger charge is 2.25. The molecular formula is C24H27N5OS. The van der Waals surface area contributed by atoms with Crippen molar-refractivity contribution in [1.29, 1.82) is 0 Å². The molecule has 5 rings (SSSR count). The van der Waals surface area contributed by atoms with Crippen molar-refractivity contribution < 1.29 is 0 Å². The van der Waals surface area contributed by atoms with E-state index in [0.29, 0.717) is 12.6 Å². The van der Waals surface area contributed by atoms with Gasteiger partial charge < -0.3 is 9.88 Å². The fraction of sp³-hybridized carbons (Fsp3) is 0.375. The van der Waals surface area contributed by atoms with E-state index in [9.17, 15) is 4.79 Å². The predicted molar refractivity (Wildman–Crippen MR) is 125 cm³/mol. The number of hydrogen-bond acceptors (Lipinski definition) is 5. The zero-order valence-electron chi connectivity index (χ0n) is 17.8. The third kappa shape index (κ3) is 4.34. The van der Waals surface area contributed by atoms with Crippen LogP contribution in [0.3, 0.4) is 0 Å². The monoisotopic (exact) mass is 433 g/mol. The lowest BCUT2D eigenvalue weighted by Crippen LogP contribution is -2.35. The molecule has 7 heteroatoms. The highest BCUT2D eigenvalue weighted by molar-refractivity contribution is 7.18. The van der Waals surface area contributed by atoms with Crippen LogP contribution in [0, 0.1) is 6.92 Å². The molecule has 0 aliphatic heterocycles. The predicted octanol–water partition coefficient (Wildman–Crippen LogP) is 3.55. The van der Waals surface area contributed by atoms with Crippen molar-refractivity contribution in [3.8, 4) is 0 Å². The zero-order chi connectivity index (χ0) is 21.2. The highest BCUT2D eigenvalue weighted by Crippen LogP contribution is 2.33. The Labute approximate surface area is 185 Å². The zero-order valence-corrected chi connectivity index (χ0v) is 18.6. The molecule has 6 nitrogen and oxygen atoms in total. The first kappa shape index (κ1) is 20.2. The Morgan fingerprint density at radius 2 is 2.10 bits per heavy atom. The van der Waals surface area contributed by atoms with Crippen molar-refractivity contribution in [3.63, 3.8) is 0 Å². The van der Waals surface area contributed by atoms with E-state index < -0.39 is 0 Å². The molecule has 0 amide bonds. The first-order chi connectivity index (χ1) is 15.2. The SMILES string of the molecule is Cc1ccc(Cn2cnc3sc4c(c3c2=O)CC[C@H](NCCCn2ccnc2)C4)cc1. The Kier molecular flexibility index (Phi) is 5.70. The summed E-state index contributed by atoms with van der Waals surface area (Å²) in [6.07, 6.45) is 11.5. The van der Waals surface area contributed by atoms with Crippen molar-refractivity contribution >= 4 is 21.6 Å². The molecule has 1 atom stereocenters. The molecular weight excluding hydrogens is 406 g/mol. The minimum absolute atomic E-state index is 0.0924. The van der Waals surface area contributed by atoms with Crippen LogP contribution in [0.4, 0.5) is 0 Å². The molecule has 4 aromatic rings. The molecule has 0 fully saturated rings. The number of aryl methyl sites for hydroxylation is 3. The lowest BCUT2D eigenvalue weighted by Gasteiger charge is -2.23. The van der Waals surface area contributed by atoms with Gasteiger partial charge in [0.25, 0.3) is 5.56 Å². The van der Waals surface area contributed by atoms with E-state index in [1.807, 2.05) is 18.7 Å². The smallest absolute Gasteiger partial charge is 0.262 e. The molecule has 1 N–H and O–H groups in total. The van der Waals surface area contributed by atoms with E-state index in [4.69, 9.17) is 0 Å². The van der Waals surface area contributed by atoms with Crippen molar-refractivity contribution in [1.82, 2.24) is 24.4 Å². The van der Waals surface area contributed by atoms with Gasteiger partial charge in [-0.25, -0.2) is 9.97 Å². The summed E-state index contributed by atoms with van der Waals surface area (Å²) in [6, 6.07) is 8.80. The van der Waals surface area contributed by atoms with Crippen molar-refractivity contribution in [3.05, 3.63) is 81.2 Å². The van der Waals surface area contributed by atoms with Gasteiger partial charge >= 0.3 is 0 Å². The van der Waals surface area contributed by atoms with E-state index in [1.54, 1.807) is 22.2 Å². The summed E-state index contributed by atoms with van der Waals surface area (Å²) in [4.78, 5) is 24.2. The van der Waals surface area contributed by atoms with Crippen LogP contribution in [0.1, 0.15) is 34.4 Å². The molecule has 31 heavy (non-hydrogen) atoms. The Balaban J connectivity index is 1.28.